The van der Waals surface area contributed by atoms with E-state index in [1.54, 1.807) is 6.07 Å². The molecule has 4 nitrogen and oxygen atoms in total. The van der Waals surface area contributed by atoms with Gasteiger partial charge in [-0.25, -0.2) is 9.97 Å². The van der Waals surface area contributed by atoms with E-state index in [0.29, 0.717) is 21.7 Å². The first-order valence-electron chi connectivity index (χ1n) is 6.79. The molecule has 8 heteroatoms. The fraction of sp³-hybridized carbons (Fsp3) is 0.538. The molecule has 0 amide bonds. The molecule has 0 saturated carbocycles. The maximum absolute atomic E-state index is 12.5. The summed E-state index contributed by atoms with van der Waals surface area (Å²) in [5.74, 6) is 1.40. The van der Waals surface area contributed by atoms with E-state index in [0.717, 1.165) is 42.2 Å². The van der Waals surface area contributed by atoms with Gasteiger partial charge in [-0.3, -0.25) is 0 Å². The van der Waals surface area contributed by atoms with Crippen LogP contribution in [-0.4, -0.2) is 41.8 Å². The van der Waals surface area contributed by atoms with Crippen molar-refractivity contribution in [1.82, 2.24) is 15.3 Å². The molecule has 1 N–H and O–H groups in total. The molecular formula is C13H13F3N4S. The third kappa shape index (κ3) is 2.26. The van der Waals surface area contributed by atoms with Gasteiger partial charge in [-0.1, -0.05) is 0 Å². The maximum atomic E-state index is 12.5. The molecule has 21 heavy (non-hydrogen) atoms. The summed E-state index contributed by atoms with van der Waals surface area (Å²) in [6, 6.07) is 2.01. The molecular weight excluding hydrogens is 301 g/mol. The molecule has 2 aromatic rings. The van der Waals surface area contributed by atoms with Crippen LogP contribution in [0.4, 0.5) is 19.0 Å². The second kappa shape index (κ2) is 4.54. The minimum atomic E-state index is -4.19. The molecule has 2 saturated heterocycles. The van der Waals surface area contributed by atoms with Gasteiger partial charge >= 0.3 is 6.18 Å². The highest BCUT2D eigenvalue weighted by atomic mass is 32.1. The van der Waals surface area contributed by atoms with Crippen LogP contribution in [0.2, 0.25) is 0 Å². The largest absolute Gasteiger partial charge is 0.393 e. The first kappa shape index (κ1) is 13.3. The molecule has 0 bridgehead atoms. The lowest BCUT2D eigenvalue weighted by Gasteiger charge is -2.44. The Morgan fingerprint density at radius 2 is 2.19 bits per heavy atom. The van der Waals surface area contributed by atoms with Gasteiger partial charge in [-0.05, 0) is 6.07 Å². The number of alkyl halides is 3. The summed E-state index contributed by atoms with van der Waals surface area (Å²) < 4.78 is 37.6. The van der Waals surface area contributed by atoms with Gasteiger partial charge in [-0.15, -0.1) is 11.3 Å². The first-order chi connectivity index (χ1) is 10.0. The van der Waals surface area contributed by atoms with Gasteiger partial charge in [0, 0.05) is 36.5 Å². The van der Waals surface area contributed by atoms with Gasteiger partial charge < -0.3 is 10.2 Å². The van der Waals surface area contributed by atoms with E-state index < -0.39 is 12.6 Å². The van der Waals surface area contributed by atoms with Crippen LogP contribution < -0.4 is 10.2 Å². The van der Waals surface area contributed by atoms with Crippen LogP contribution in [0.15, 0.2) is 12.4 Å². The summed E-state index contributed by atoms with van der Waals surface area (Å²) in [5, 5.41) is 4.08. The van der Waals surface area contributed by atoms with Crippen molar-refractivity contribution < 1.29 is 13.2 Å². The van der Waals surface area contributed by atoms with Crippen molar-refractivity contribution >= 4 is 27.4 Å². The fourth-order valence-corrected chi connectivity index (χ4v) is 4.19. The predicted molar refractivity (Wildman–Crippen MR) is 74.7 cm³/mol. The molecule has 0 radical (unpaired) electrons. The molecule has 2 aliphatic rings. The first-order valence-corrected chi connectivity index (χ1v) is 7.60. The molecule has 2 atom stereocenters. The van der Waals surface area contributed by atoms with Crippen LogP contribution in [0, 0.1) is 5.92 Å². The number of nitrogens with zero attached hydrogens (tertiary/aromatic N) is 3. The highest BCUT2D eigenvalue weighted by Gasteiger charge is 2.43. The Labute approximate surface area is 123 Å². The predicted octanol–water partition coefficient (Wildman–Crippen LogP) is 2.20. The summed E-state index contributed by atoms with van der Waals surface area (Å²) in [6.07, 6.45) is -3.64. The summed E-state index contributed by atoms with van der Waals surface area (Å²) in [6.45, 7) is 2.84. The Kier molecular flexibility index (Phi) is 2.87. The smallest absolute Gasteiger partial charge is 0.351 e. The van der Waals surface area contributed by atoms with Crippen molar-refractivity contribution in [3.63, 3.8) is 0 Å². The number of aromatic nitrogens is 2. The number of anilines is 1. The normalized spacial score (nSPS) is 25.2. The van der Waals surface area contributed by atoms with Crippen LogP contribution >= 0.6 is 11.3 Å². The minimum absolute atomic E-state index is 0.292. The number of hydrogen-bond donors (Lipinski definition) is 1. The van der Waals surface area contributed by atoms with Crippen LogP contribution in [0.25, 0.3) is 10.2 Å². The summed E-state index contributed by atoms with van der Waals surface area (Å²) >= 11 is 1.10. The summed E-state index contributed by atoms with van der Waals surface area (Å²) in [4.78, 5) is 11.5. The van der Waals surface area contributed by atoms with Gasteiger partial charge in [0.25, 0.3) is 0 Å². The van der Waals surface area contributed by atoms with Crippen LogP contribution in [-0.2, 0) is 6.42 Å². The number of hydrogen-bond acceptors (Lipinski definition) is 5. The Hall–Kier alpha value is -1.41. The SMILES string of the molecule is FC(F)(F)Cc1cc2c(N3C[C@@H]4CNC[C@@H]43)ncnc2s1. The van der Waals surface area contributed by atoms with Gasteiger partial charge in [0.1, 0.15) is 17.0 Å². The minimum Gasteiger partial charge on any atom is -0.351 e. The molecule has 0 unspecified atom stereocenters. The van der Waals surface area contributed by atoms with Crippen LogP contribution in [0.3, 0.4) is 0 Å². The monoisotopic (exact) mass is 314 g/mol. The Morgan fingerprint density at radius 1 is 1.33 bits per heavy atom. The third-order valence-corrected chi connectivity index (χ3v) is 5.18. The lowest BCUT2D eigenvalue weighted by atomic mass is 9.92. The number of nitrogens with one attached hydrogen (secondary N) is 1. The molecule has 0 aliphatic carbocycles. The molecule has 2 aromatic heterocycles. The quantitative estimate of drug-likeness (QED) is 0.923. The average Bonchev–Trinajstić information content (AvgIpc) is 2.92. The van der Waals surface area contributed by atoms with Gasteiger partial charge in [0.2, 0.25) is 0 Å². The topological polar surface area (TPSA) is 41.0 Å². The number of thiophene rings is 1. The average molecular weight is 314 g/mol. The second-order valence-corrected chi connectivity index (χ2v) is 6.67. The Morgan fingerprint density at radius 3 is 2.95 bits per heavy atom. The molecule has 4 rings (SSSR count). The molecule has 0 spiro atoms. The van der Waals surface area contributed by atoms with E-state index in [9.17, 15) is 13.2 Å². The molecule has 2 fully saturated rings. The molecule has 112 valence electrons. The molecule has 0 aromatic carbocycles. The van der Waals surface area contributed by atoms with Crippen molar-refractivity contribution in [3.8, 4) is 0 Å². The van der Waals surface area contributed by atoms with Crippen molar-refractivity contribution in [3.05, 3.63) is 17.3 Å². The van der Waals surface area contributed by atoms with Crippen LogP contribution in [0.5, 0.6) is 0 Å². The molecule has 2 aliphatic heterocycles. The lowest BCUT2D eigenvalue weighted by molar-refractivity contribution is -0.126. The van der Waals surface area contributed by atoms with Gasteiger partial charge in [-0.2, -0.15) is 13.2 Å². The maximum Gasteiger partial charge on any atom is 0.393 e. The highest BCUT2D eigenvalue weighted by Crippen LogP contribution is 2.38. The zero-order valence-electron chi connectivity index (χ0n) is 11.0. The third-order valence-electron chi connectivity index (χ3n) is 4.14. The number of fused-ring (bicyclic) bond motifs is 2. The lowest BCUT2D eigenvalue weighted by Crippen LogP contribution is -2.56. The zero-order chi connectivity index (χ0) is 14.6. The Balaban J connectivity index is 1.69. The zero-order valence-corrected chi connectivity index (χ0v) is 11.8. The van der Waals surface area contributed by atoms with E-state index >= 15 is 0 Å². The van der Waals surface area contributed by atoms with E-state index in [2.05, 4.69) is 20.2 Å². The van der Waals surface area contributed by atoms with Gasteiger partial charge in [0.05, 0.1) is 11.8 Å². The van der Waals surface area contributed by atoms with E-state index in [-0.39, 0.29) is 0 Å². The second-order valence-electron chi connectivity index (χ2n) is 5.56. The number of rotatable bonds is 2. The van der Waals surface area contributed by atoms with E-state index in [4.69, 9.17) is 0 Å². The highest BCUT2D eigenvalue weighted by molar-refractivity contribution is 7.18. The van der Waals surface area contributed by atoms with Crippen molar-refractivity contribution in [1.29, 1.82) is 0 Å². The fourth-order valence-electron chi connectivity index (χ4n) is 3.17. The standard InChI is InChI=1S/C13H13F3N4S/c14-13(15,16)2-8-1-9-11(18-6-19-12(9)21-8)20-5-7-3-17-4-10(7)20/h1,6-7,10,17H,2-5H2/t7-,10-/m0/s1. The Bertz CT molecular complexity index is 684. The summed E-state index contributed by atoms with van der Waals surface area (Å²) in [5.41, 5.74) is 0. The van der Waals surface area contributed by atoms with Crippen molar-refractivity contribution in [2.24, 2.45) is 5.92 Å². The summed E-state index contributed by atoms with van der Waals surface area (Å²) in [7, 11) is 0. The molecule has 4 heterocycles. The van der Waals surface area contributed by atoms with Gasteiger partial charge in [0.15, 0.2) is 0 Å². The van der Waals surface area contributed by atoms with Crippen molar-refractivity contribution in [2.75, 3.05) is 24.5 Å². The van der Waals surface area contributed by atoms with E-state index in [1.807, 2.05) is 0 Å². The van der Waals surface area contributed by atoms with Crippen LogP contribution in [0.1, 0.15) is 4.88 Å². The van der Waals surface area contributed by atoms with Crippen molar-refractivity contribution in [2.45, 2.75) is 18.6 Å². The van der Waals surface area contributed by atoms with E-state index in [1.165, 1.54) is 6.33 Å². The number of halogens is 3.